The smallest absolute Gasteiger partial charge is 0.0537 e. The third kappa shape index (κ3) is 1.39. The molecule has 0 aromatic carbocycles. The highest BCUT2D eigenvalue weighted by molar-refractivity contribution is 5.01. The molecule has 0 bridgehead atoms. The fraction of sp³-hybridized carbons (Fsp3) is 1.00. The van der Waals surface area contributed by atoms with Gasteiger partial charge in [-0.2, -0.15) is 0 Å². The minimum atomic E-state index is 0.504. The fourth-order valence-corrected chi connectivity index (χ4v) is 4.30. The zero-order valence-electron chi connectivity index (χ0n) is 9.27. The molecule has 0 N–H and O–H groups in total. The average Bonchev–Trinajstić information content (AvgIpc) is 2.63. The Morgan fingerprint density at radius 2 is 1.27 bits per heavy atom. The highest BCUT2D eigenvalue weighted by atomic mass is 16.3. The molecule has 1 saturated heterocycles. The SMILES string of the molecule is O=NN1C2CCCCC2C2CCCCC21. The fourth-order valence-electron chi connectivity index (χ4n) is 4.30. The van der Waals surface area contributed by atoms with Crippen molar-refractivity contribution < 1.29 is 0 Å². The zero-order chi connectivity index (χ0) is 10.3. The van der Waals surface area contributed by atoms with Gasteiger partial charge in [0.15, 0.2) is 0 Å². The quantitative estimate of drug-likeness (QED) is 0.620. The number of nitroso groups, excluding NO2 is 1. The van der Waals surface area contributed by atoms with E-state index in [0.29, 0.717) is 12.1 Å². The van der Waals surface area contributed by atoms with Crippen molar-refractivity contribution in [1.29, 1.82) is 0 Å². The lowest BCUT2D eigenvalue weighted by atomic mass is 9.73. The first-order chi connectivity index (χ1) is 7.42. The van der Waals surface area contributed by atoms with E-state index in [1.807, 2.05) is 5.01 Å². The van der Waals surface area contributed by atoms with Crippen LogP contribution in [0.5, 0.6) is 0 Å². The van der Waals surface area contributed by atoms with E-state index < -0.39 is 0 Å². The monoisotopic (exact) mass is 208 g/mol. The first-order valence-electron chi connectivity index (χ1n) is 6.53. The van der Waals surface area contributed by atoms with Gasteiger partial charge in [-0.1, -0.05) is 25.7 Å². The molecule has 3 nitrogen and oxygen atoms in total. The molecule has 3 heteroatoms. The van der Waals surface area contributed by atoms with Crippen molar-refractivity contribution in [2.75, 3.05) is 0 Å². The summed E-state index contributed by atoms with van der Waals surface area (Å²) in [5, 5.41) is 5.29. The second kappa shape index (κ2) is 3.76. The van der Waals surface area contributed by atoms with Gasteiger partial charge in [-0.25, -0.2) is 0 Å². The zero-order valence-corrected chi connectivity index (χ0v) is 9.27. The van der Waals surface area contributed by atoms with Crippen molar-refractivity contribution in [2.45, 2.75) is 63.5 Å². The average molecular weight is 208 g/mol. The van der Waals surface area contributed by atoms with Crippen molar-refractivity contribution in [3.8, 4) is 0 Å². The normalized spacial score (nSPS) is 44.7. The molecule has 3 aliphatic rings. The predicted octanol–water partition coefficient (Wildman–Crippen LogP) is 3.10. The van der Waals surface area contributed by atoms with Crippen molar-refractivity contribution in [3.63, 3.8) is 0 Å². The van der Waals surface area contributed by atoms with Gasteiger partial charge in [0.05, 0.1) is 17.4 Å². The molecular weight excluding hydrogens is 188 g/mol. The van der Waals surface area contributed by atoms with E-state index in [9.17, 15) is 4.91 Å². The van der Waals surface area contributed by atoms with Crippen LogP contribution in [0.15, 0.2) is 5.29 Å². The molecule has 84 valence electrons. The Kier molecular flexibility index (Phi) is 2.41. The van der Waals surface area contributed by atoms with Crippen LogP contribution in [0.25, 0.3) is 0 Å². The molecular formula is C12H20N2O. The summed E-state index contributed by atoms with van der Waals surface area (Å²) in [5.41, 5.74) is 0. The Morgan fingerprint density at radius 3 is 1.73 bits per heavy atom. The number of fused-ring (bicyclic) bond motifs is 3. The Bertz CT molecular complexity index is 234. The molecule has 0 spiro atoms. The van der Waals surface area contributed by atoms with Crippen LogP contribution in [-0.4, -0.2) is 17.1 Å². The molecule has 4 atom stereocenters. The third-order valence-corrected chi connectivity index (χ3v) is 4.89. The van der Waals surface area contributed by atoms with E-state index in [1.54, 1.807) is 0 Å². The van der Waals surface area contributed by atoms with Crippen LogP contribution in [0, 0.1) is 16.7 Å². The standard InChI is InChI=1S/C12H20N2O/c15-13-14-11-7-3-1-5-9(11)10-6-2-4-8-12(10)14/h9-12H,1-8H2. The number of nitrogens with zero attached hydrogens (tertiary/aromatic N) is 2. The van der Waals surface area contributed by atoms with Gasteiger partial charge in [0.25, 0.3) is 0 Å². The third-order valence-electron chi connectivity index (χ3n) is 4.89. The van der Waals surface area contributed by atoms with Gasteiger partial charge >= 0.3 is 0 Å². The van der Waals surface area contributed by atoms with E-state index in [-0.39, 0.29) is 0 Å². The summed E-state index contributed by atoms with van der Waals surface area (Å²) in [7, 11) is 0. The molecule has 1 aliphatic heterocycles. The number of hydrogen-bond acceptors (Lipinski definition) is 2. The lowest BCUT2D eigenvalue weighted by molar-refractivity contribution is 0.142. The topological polar surface area (TPSA) is 32.7 Å². The molecule has 0 amide bonds. The van der Waals surface area contributed by atoms with Crippen LogP contribution in [0.4, 0.5) is 0 Å². The molecule has 3 fully saturated rings. The van der Waals surface area contributed by atoms with Gasteiger partial charge in [0.1, 0.15) is 0 Å². The number of rotatable bonds is 1. The lowest BCUT2D eigenvalue weighted by Gasteiger charge is -2.29. The van der Waals surface area contributed by atoms with Gasteiger partial charge in [-0.3, -0.25) is 5.01 Å². The van der Waals surface area contributed by atoms with Crippen LogP contribution in [0.1, 0.15) is 51.4 Å². The second-order valence-corrected chi connectivity index (χ2v) is 5.49. The van der Waals surface area contributed by atoms with E-state index in [0.717, 1.165) is 11.8 Å². The minimum absolute atomic E-state index is 0.504. The Labute approximate surface area is 91.2 Å². The van der Waals surface area contributed by atoms with Gasteiger partial charge in [0.2, 0.25) is 0 Å². The van der Waals surface area contributed by atoms with E-state index in [4.69, 9.17) is 0 Å². The molecule has 3 rings (SSSR count). The second-order valence-electron chi connectivity index (χ2n) is 5.49. The molecule has 0 aromatic heterocycles. The Balaban J connectivity index is 1.86. The maximum Gasteiger partial charge on any atom is 0.0537 e. The summed E-state index contributed by atoms with van der Waals surface area (Å²) in [6.07, 6.45) is 10.5. The summed E-state index contributed by atoms with van der Waals surface area (Å²) in [6.45, 7) is 0. The van der Waals surface area contributed by atoms with Crippen molar-refractivity contribution in [1.82, 2.24) is 5.01 Å². The summed E-state index contributed by atoms with van der Waals surface area (Å²) < 4.78 is 0. The molecule has 1 heterocycles. The molecule has 15 heavy (non-hydrogen) atoms. The van der Waals surface area contributed by atoms with Crippen LogP contribution in [0.2, 0.25) is 0 Å². The van der Waals surface area contributed by atoms with E-state index >= 15 is 0 Å². The summed E-state index contributed by atoms with van der Waals surface area (Å²) in [6, 6.07) is 1.01. The van der Waals surface area contributed by atoms with Crippen molar-refractivity contribution in [3.05, 3.63) is 4.91 Å². The van der Waals surface area contributed by atoms with Crippen LogP contribution < -0.4 is 0 Å². The minimum Gasteiger partial charge on any atom is -0.254 e. The molecule has 0 aromatic rings. The summed E-state index contributed by atoms with van der Waals surface area (Å²) in [5.74, 6) is 1.59. The molecule has 4 unspecified atom stereocenters. The number of hydrogen-bond donors (Lipinski definition) is 0. The van der Waals surface area contributed by atoms with Crippen LogP contribution in [0.3, 0.4) is 0 Å². The highest BCUT2D eigenvalue weighted by Gasteiger charge is 2.50. The maximum atomic E-state index is 11.0. The van der Waals surface area contributed by atoms with Crippen LogP contribution in [-0.2, 0) is 0 Å². The highest BCUT2D eigenvalue weighted by Crippen LogP contribution is 2.49. The summed E-state index contributed by atoms with van der Waals surface area (Å²) in [4.78, 5) is 11.0. The Hall–Kier alpha value is -0.600. The largest absolute Gasteiger partial charge is 0.254 e. The van der Waals surface area contributed by atoms with Gasteiger partial charge in [-0.05, 0) is 37.5 Å². The van der Waals surface area contributed by atoms with Gasteiger partial charge in [-0.15, -0.1) is 4.91 Å². The summed E-state index contributed by atoms with van der Waals surface area (Å²) >= 11 is 0. The first kappa shape index (κ1) is 9.61. The van der Waals surface area contributed by atoms with E-state index in [2.05, 4.69) is 5.29 Å². The first-order valence-corrected chi connectivity index (χ1v) is 6.53. The van der Waals surface area contributed by atoms with Gasteiger partial charge in [0, 0.05) is 0 Å². The maximum absolute atomic E-state index is 11.0. The van der Waals surface area contributed by atoms with Crippen LogP contribution >= 0.6 is 0 Å². The molecule has 0 radical (unpaired) electrons. The predicted molar refractivity (Wildman–Crippen MR) is 59.1 cm³/mol. The molecule has 2 saturated carbocycles. The molecule has 2 aliphatic carbocycles. The van der Waals surface area contributed by atoms with Gasteiger partial charge < -0.3 is 0 Å². The van der Waals surface area contributed by atoms with Crippen molar-refractivity contribution in [2.24, 2.45) is 17.1 Å². The van der Waals surface area contributed by atoms with E-state index in [1.165, 1.54) is 51.4 Å². The van der Waals surface area contributed by atoms with Crippen molar-refractivity contribution >= 4 is 0 Å². The Morgan fingerprint density at radius 1 is 0.800 bits per heavy atom. The lowest BCUT2D eigenvalue weighted by Crippen LogP contribution is -2.34.